The predicted molar refractivity (Wildman–Crippen MR) is 99.8 cm³/mol. The summed E-state index contributed by atoms with van der Waals surface area (Å²) in [7, 11) is 0. The van der Waals surface area contributed by atoms with Crippen molar-refractivity contribution in [3.63, 3.8) is 0 Å². The second kappa shape index (κ2) is 5.96. The topological polar surface area (TPSA) is 42.2 Å². The summed E-state index contributed by atoms with van der Waals surface area (Å²) in [6, 6.07) is 16.8. The van der Waals surface area contributed by atoms with Crippen molar-refractivity contribution < 1.29 is 9.21 Å². The molecular weight excluding hydrogens is 390 g/mol. The Morgan fingerprint density at radius 1 is 1.04 bits per heavy atom. The highest BCUT2D eigenvalue weighted by Gasteiger charge is 2.24. The smallest absolute Gasteiger partial charge is 0.256 e. The first kappa shape index (κ1) is 15.2. The van der Waals surface area contributed by atoms with Crippen LogP contribution in [0.5, 0.6) is 0 Å². The zero-order valence-electron chi connectivity index (χ0n) is 12.3. The summed E-state index contributed by atoms with van der Waals surface area (Å²) >= 11 is 9.34. The van der Waals surface area contributed by atoms with Crippen molar-refractivity contribution in [3.05, 3.63) is 75.4 Å². The van der Waals surface area contributed by atoms with Crippen molar-refractivity contribution in [2.24, 2.45) is 0 Å². The van der Waals surface area contributed by atoms with E-state index in [2.05, 4.69) is 21.2 Å². The fraction of sp³-hybridized carbons (Fsp3) is 0. The third kappa shape index (κ3) is 2.79. The van der Waals surface area contributed by atoms with Crippen LogP contribution in [0, 0.1) is 0 Å². The molecule has 0 atom stereocenters. The molecule has 1 aliphatic rings. The van der Waals surface area contributed by atoms with Crippen molar-refractivity contribution in [1.82, 2.24) is 0 Å². The Morgan fingerprint density at radius 2 is 1.83 bits per heavy atom. The van der Waals surface area contributed by atoms with Crippen molar-refractivity contribution in [1.29, 1.82) is 0 Å². The lowest BCUT2D eigenvalue weighted by atomic mass is 10.1. The van der Waals surface area contributed by atoms with Crippen LogP contribution in [-0.2, 0) is 4.79 Å². The van der Waals surface area contributed by atoms with Gasteiger partial charge < -0.3 is 9.73 Å². The largest absolute Gasteiger partial charge is 0.457 e. The highest BCUT2D eigenvalue weighted by molar-refractivity contribution is 9.10. The number of carbonyl (C=O) groups excluding carboxylic acids is 1. The fourth-order valence-electron chi connectivity index (χ4n) is 2.65. The second-order valence-corrected chi connectivity index (χ2v) is 6.76. The van der Waals surface area contributed by atoms with E-state index in [1.165, 1.54) is 0 Å². The van der Waals surface area contributed by atoms with E-state index in [-0.39, 0.29) is 5.91 Å². The van der Waals surface area contributed by atoms with Gasteiger partial charge in [0.05, 0.1) is 5.57 Å². The molecule has 0 aliphatic carbocycles. The Kier molecular flexibility index (Phi) is 3.79. The fourth-order valence-corrected chi connectivity index (χ4v) is 3.13. The summed E-state index contributed by atoms with van der Waals surface area (Å²) in [6.45, 7) is 0. The molecule has 5 heteroatoms. The molecule has 0 radical (unpaired) electrons. The van der Waals surface area contributed by atoms with Gasteiger partial charge in [0, 0.05) is 26.3 Å². The Morgan fingerprint density at radius 3 is 2.62 bits per heavy atom. The van der Waals surface area contributed by atoms with Gasteiger partial charge in [-0.3, -0.25) is 4.79 Å². The molecule has 0 bridgehead atoms. The highest BCUT2D eigenvalue weighted by Crippen LogP contribution is 2.35. The van der Waals surface area contributed by atoms with Gasteiger partial charge in [-0.25, -0.2) is 0 Å². The first-order chi connectivity index (χ1) is 11.6. The number of benzene rings is 2. The van der Waals surface area contributed by atoms with E-state index in [0.29, 0.717) is 16.4 Å². The molecule has 1 aromatic heterocycles. The standard InChI is InChI=1S/C19H11BrClNO2/c20-12-3-7-17-15(9-12)16(19(23)22-17)10-14-6-8-18(24-14)11-1-4-13(21)5-2-11/h1-10H,(H,22,23)/b16-10+. The molecular formula is C19H11BrClNO2. The number of fused-ring (bicyclic) bond motifs is 1. The van der Waals surface area contributed by atoms with Gasteiger partial charge in [-0.15, -0.1) is 0 Å². The molecule has 0 saturated heterocycles. The minimum atomic E-state index is -0.132. The van der Waals surface area contributed by atoms with Crippen LogP contribution in [0.3, 0.4) is 0 Å². The molecule has 2 aromatic carbocycles. The van der Waals surface area contributed by atoms with E-state index >= 15 is 0 Å². The maximum atomic E-state index is 12.2. The van der Waals surface area contributed by atoms with Crippen molar-refractivity contribution in [2.75, 3.05) is 5.32 Å². The number of furan rings is 1. The van der Waals surface area contributed by atoms with Gasteiger partial charge in [0.2, 0.25) is 0 Å². The van der Waals surface area contributed by atoms with Crippen LogP contribution in [0.25, 0.3) is 23.0 Å². The number of rotatable bonds is 2. The second-order valence-electron chi connectivity index (χ2n) is 5.41. The molecule has 2 heterocycles. The number of hydrogen-bond acceptors (Lipinski definition) is 2. The van der Waals surface area contributed by atoms with Gasteiger partial charge in [0.25, 0.3) is 5.91 Å². The van der Waals surface area contributed by atoms with Crippen LogP contribution in [-0.4, -0.2) is 5.91 Å². The summed E-state index contributed by atoms with van der Waals surface area (Å²) in [5.74, 6) is 1.22. The number of amides is 1. The Balaban J connectivity index is 1.71. The van der Waals surface area contributed by atoms with Crippen molar-refractivity contribution >= 4 is 50.8 Å². The Labute approximate surface area is 152 Å². The van der Waals surface area contributed by atoms with Crippen LogP contribution in [0.4, 0.5) is 5.69 Å². The summed E-state index contributed by atoms with van der Waals surface area (Å²) in [6.07, 6.45) is 1.76. The summed E-state index contributed by atoms with van der Waals surface area (Å²) in [5.41, 5.74) is 3.18. The van der Waals surface area contributed by atoms with Crippen molar-refractivity contribution in [3.8, 4) is 11.3 Å². The normalized spacial score (nSPS) is 14.8. The van der Waals surface area contributed by atoms with E-state index < -0.39 is 0 Å². The number of anilines is 1. The van der Waals surface area contributed by atoms with Gasteiger partial charge in [0.1, 0.15) is 11.5 Å². The van der Waals surface area contributed by atoms with E-state index in [9.17, 15) is 4.79 Å². The molecule has 0 spiro atoms. The summed E-state index contributed by atoms with van der Waals surface area (Å²) in [5, 5.41) is 3.53. The molecule has 1 aliphatic heterocycles. The van der Waals surface area contributed by atoms with Crippen LogP contribution in [0.1, 0.15) is 11.3 Å². The first-order valence-electron chi connectivity index (χ1n) is 7.29. The first-order valence-corrected chi connectivity index (χ1v) is 8.46. The zero-order valence-corrected chi connectivity index (χ0v) is 14.7. The van der Waals surface area contributed by atoms with Crippen molar-refractivity contribution in [2.45, 2.75) is 0 Å². The molecule has 118 valence electrons. The van der Waals surface area contributed by atoms with Crippen LogP contribution < -0.4 is 5.32 Å². The maximum absolute atomic E-state index is 12.2. The average Bonchev–Trinajstić information content (AvgIpc) is 3.14. The molecule has 3 aromatic rings. The van der Waals surface area contributed by atoms with Crippen LogP contribution >= 0.6 is 27.5 Å². The predicted octanol–water partition coefficient (Wildman–Crippen LogP) is 5.86. The third-order valence-electron chi connectivity index (χ3n) is 3.81. The van der Waals surface area contributed by atoms with E-state index in [4.69, 9.17) is 16.0 Å². The van der Waals surface area contributed by atoms with Gasteiger partial charge in [0.15, 0.2) is 0 Å². The zero-order chi connectivity index (χ0) is 16.7. The third-order valence-corrected chi connectivity index (χ3v) is 4.55. The number of carbonyl (C=O) groups is 1. The molecule has 1 N–H and O–H groups in total. The molecule has 1 amide bonds. The van der Waals surface area contributed by atoms with Crippen LogP contribution in [0.2, 0.25) is 5.02 Å². The summed E-state index contributed by atoms with van der Waals surface area (Å²) in [4.78, 5) is 12.2. The molecule has 4 rings (SSSR count). The highest BCUT2D eigenvalue weighted by atomic mass is 79.9. The molecule has 0 fully saturated rings. The minimum Gasteiger partial charge on any atom is -0.457 e. The van der Waals surface area contributed by atoms with Gasteiger partial charge in [-0.05, 0) is 60.7 Å². The van der Waals surface area contributed by atoms with E-state index in [1.54, 1.807) is 6.08 Å². The number of halogens is 2. The van der Waals surface area contributed by atoms with Gasteiger partial charge in [-0.2, -0.15) is 0 Å². The number of nitrogens with one attached hydrogen (secondary N) is 1. The quantitative estimate of drug-likeness (QED) is 0.548. The Hall–Kier alpha value is -2.30. The monoisotopic (exact) mass is 399 g/mol. The van der Waals surface area contributed by atoms with Gasteiger partial charge in [-0.1, -0.05) is 27.5 Å². The lowest BCUT2D eigenvalue weighted by Crippen LogP contribution is -2.03. The lowest BCUT2D eigenvalue weighted by Gasteiger charge is -1.99. The summed E-state index contributed by atoms with van der Waals surface area (Å²) < 4.78 is 6.78. The molecule has 24 heavy (non-hydrogen) atoms. The Bertz CT molecular complexity index is 973. The minimum absolute atomic E-state index is 0.132. The van der Waals surface area contributed by atoms with Gasteiger partial charge >= 0.3 is 0 Å². The molecule has 0 saturated carbocycles. The van der Waals surface area contributed by atoms with Crippen LogP contribution in [0.15, 0.2) is 63.5 Å². The number of hydrogen-bond donors (Lipinski definition) is 1. The van der Waals surface area contributed by atoms with E-state index in [0.717, 1.165) is 27.0 Å². The van der Waals surface area contributed by atoms with E-state index in [1.807, 2.05) is 54.6 Å². The maximum Gasteiger partial charge on any atom is 0.256 e. The molecule has 0 unspecified atom stereocenters. The average molecular weight is 401 g/mol. The lowest BCUT2D eigenvalue weighted by molar-refractivity contribution is -0.110. The SMILES string of the molecule is O=C1Nc2ccc(Br)cc2/C1=C\c1ccc(-c2ccc(Cl)cc2)o1. The molecule has 3 nitrogen and oxygen atoms in total.